The smallest absolute Gasteiger partial charge is 0.242 e. The lowest BCUT2D eigenvalue weighted by Gasteiger charge is -2.23. The predicted octanol–water partition coefficient (Wildman–Crippen LogP) is -0.0677. The predicted molar refractivity (Wildman–Crippen MR) is 59.7 cm³/mol. The molecule has 2 atom stereocenters. The number of carbonyl (C=O) groups excluding carboxylic acids is 2. The Morgan fingerprint density at radius 2 is 2.38 bits per heavy atom. The van der Waals surface area contributed by atoms with E-state index in [9.17, 15) is 14.7 Å². The van der Waals surface area contributed by atoms with Crippen LogP contribution < -0.4 is 10.6 Å². The van der Waals surface area contributed by atoms with Gasteiger partial charge in [-0.25, -0.2) is 0 Å². The summed E-state index contributed by atoms with van der Waals surface area (Å²) < 4.78 is 0. The van der Waals surface area contributed by atoms with Gasteiger partial charge in [-0.15, -0.1) is 0 Å². The van der Waals surface area contributed by atoms with Gasteiger partial charge < -0.3 is 15.7 Å². The highest BCUT2D eigenvalue weighted by atomic mass is 16.3. The summed E-state index contributed by atoms with van der Waals surface area (Å²) in [6.07, 6.45) is 2.46. The third-order valence-corrected chi connectivity index (χ3v) is 2.74. The summed E-state index contributed by atoms with van der Waals surface area (Å²) in [7, 11) is 0. The van der Waals surface area contributed by atoms with Gasteiger partial charge in [0.15, 0.2) is 0 Å². The second-order valence-corrected chi connectivity index (χ2v) is 4.62. The lowest BCUT2D eigenvalue weighted by atomic mass is 10.0. The monoisotopic (exact) mass is 228 g/mol. The molecule has 5 heteroatoms. The highest BCUT2D eigenvalue weighted by Gasteiger charge is 2.28. The van der Waals surface area contributed by atoms with Gasteiger partial charge in [0.25, 0.3) is 0 Å². The van der Waals surface area contributed by atoms with Gasteiger partial charge in [-0.05, 0) is 19.8 Å². The molecule has 2 amide bonds. The molecule has 2 unspecified atom stereocenters. The van der Waals surface area contributed by atoms with Crippen LogP contribution in [-0.2, 0) is 9.59 Å². The van der Waals surface area contributed by atoms with E-state index < -0.39 is 11.6 Å². The van der Waals surface area contributed by atoms with Crippen LogP contribution in [0.5, 0.6) is 0 Å². The summed E-state index contributed by atoms with van der Waals surface area (Å²) in [5, 5.41) is 15.1. The number of amides is 2. The van der Waals surface area contributed by atoms with Crippen LogP contribution in [0.25, 0.3) is 0 Å². The molecule has 1 aliphatic heterocycles. The molecule has 92 valence electrons. The second kappa shape index (κ2) is 5.30. The lowest BCUT2D eigenvalue weighted by Crippen LogP contribution is -2.47. The van der Waals surface area contributed by atoms with E-state index in [-0.39, 0.29) is 18.4 Å². The van der Waals surface area contributed by atoms with E-state index in [0.717, 1.165) is 6.42 Å². The van der Waals surface area contributed by atoms with Gasteiger partial charge in [0.2, 0.25) is 11.8 Å². The maximum Gasteiger partial charge on any atom is 0.242 e. The summed E-state index contributed by atoms with van der Waals surface area (Å²) in [5.41, 5.74) is -0.868. The third kappa shape index (κ3) is 3.81. The maximum atomic E-state index is 11.6. The SMILES string of the molecule is CCCC(C)(O)CNC(=O)C1CCC(=O)N1. The van der Waals surface area contributed by atoms with Crippen LogP contribution in [0.4, 0.5) is 0 Å². The zero-order valence-corrected chi connectivity index (χ0v) is 9.88. The van der Waals surface area contributed by atoms with Crippen molar-refractivity contribution in [1.82, 2.24) is 10.6 Å². The minimum atomic E-state index is -0.868. The number of aliphatic hydroxyl groups is 1. The Balaban J connectivity index is 2.32. The average molecular weight is 228 g/mol. The van der Waals surface area contributed by atoms with E-state index in [1.165, 1.54) is 0 Å². The Morgan fingerprint density at radius 1 is 1.69 bits per heavy atom. The molecule has 0 aromatic heterocycles. The molecule has 1 fully saturated rings. The Hall–Kier alpha value is -1.10. The Bertz CT molecular complexity index is 276. The van der Waals surface area contributed by atoms with Gasteiger partial charge in [0.05, 0.1) is 5.60 Å². The molecule has 1 rings (SSSR count). The van der Waals surface area contributed by atoms with Crippen LogP contribution >= 0.6 is 0 Å². The van der Waals surface area contributed by atoms with E-state index in [4.69, 9.17) is 0 Å². The number of hydrogen-bond donors (Lipinski definition) is 3. The normalized spacial score (nSPS) is 23.7. The van der Waals surface area contributed by atoms with E-state index in [1.807, 2.05) is 6.92 Å². The van der Waals surface area contributed by atoms with Crippen molar-refractivity contribution in [2.75, 3.05) is 6.54 Å². The summed E-state index contributed by atoms with van der Waals surface area (Å²) in [5.74, 6) is -0.289. The van der Waals surface area contributed by atoms with Crippen molar-refractivity contribution >= 4 is 11.8 Å². The number of rotatable bonds is 5. The molecule has 0 spiro atoms. The molecule has 0 aromatic carbocycles. The fourth-order valence-corrected chi connectivity index (χ4v) is 1.84. The Labute approximate surface area is 95.6 Å². The van der Waals surface area contributed by atoms with Crippen molar-refractivity contribution < 1.29 is 14.7 Å². The standard InChI is InChI=1S/C11H20N2O3/c1-3-6-11(2,16)7-12-10(15)8-4-5-9(14)13-8/h8,16H,3-7H2,1-2H3,(H,12,15)(H,13,14). The van der Waals surface area contributed by atoms with Crippen LogP contribution in [0.15, 0.2) is 0 Å². The maximum absolute atomic E-state index is 11.6. The number of hydrogen-bond acceptors (Lipinski definition) is 3. The molecule has 0 radical (unpaired) electrons. The van der Waals surface area contributed by atoms with E-state index in [2.05, 4.69) is 10.6 Å². The molecule has 1 saturated heterocycles. The van der Waals surface area contributed by atoms with E-state index in [0.29, 0.717) is 19.3 Å². The van der Waals surface area contributed by atoms with Crippen molar-refractivity contribution in [1.29, 1.82) is 0 Å². The van der Waals surface area contributed by atoms with Crippen molar-refractivity contribution in [3.63, 3.8) is 0 Å². The Kier molecular flexibility index (Phi) is 4.29. The largest absolute Gasteiger partial charge is 0.388 e. The number of nitrogens with one attached hydrogen (secondary N) is 2. The van der Waals surface area contributed by atoms with Crippen LogP contribution in [0.3, 0.4) is 0 Å². The molecular weight excluding hydrogens is 208 g/mol. The fourth-order valence-electron chi connectivity index (χ4n) is 1.84. The zero-order valence-electron chi connectivity index (χ0n) is 9.88. The van der Waals surface area contributed by atoms with Crippen molar-refractivity contribution in [2.45, 2.75) is 51.2 Å². The van der Waals surface area contributed by atoms with Crippen LogP contribution in [0.2, 0.25) is 0 Å². The summed E-state index contributed by atoms with van der Waals surface area (Å²) >= 11 is 0. The molecular formula is C11H20N2O3. The van der Waals surface area contributed by atoms with Crippen molar-refractivity contribution in [2.24, 2.45) is 0 Å². The Morgan fingerprint density at radius 3 is 2.88 bits per heavy atom. The van der Waals surface area contributed by atoms with Gasteiger partial charge in [0.1, 0.15) is 6.04 Å². The molecule has 0 aromatic rings. The van der Waals surface area contributed by atoms with Crippen LogP contribution in [0.1, 0.15) is 39.5 Å². The first-order valence-electron chi connectivity index (χ1n) is 5.74. The highest BCUT2D eigenvalue weighted by molar-refractivity contribution is 5.90. The van der Waals surface area contributed by atoms with Gasteiger partial charge in [0, 0.05) is 13.0 Å². The fraction of sp³-hybridized carbons (Fsp3) is 0.818. The van der Waals surface area contributed by atoms with Gasteiger partial charge >= 0.3 is 0 Å². The summed E-state index contributed by atoms with van der Waals surface area (Å²) in [6, 6.07) is -0.426. The summed E-state index contributed by atoms with van der Waals surface area (Å²) in [6.45, 7) is 3.91. The molecule has 0 saturated carbocycles. The molecule has 0 aliphatic carbocycles. The third-order valence-electron chi connectivity index (χ3n) is 2.74. The second-order valence-electron chi connectivity index (χ2n) is 4.62. The molecule has 1 heterocycles. The minimum Gasteiger partial charge on any atom is -0.388 e. The van der Waals surface area contributed by atoms with Crippen molar-refractivity contribution in [3.8, 4) is 0 Å². The highest BCUT2D eigenvalue weighted by Crippen LogP contribution is 2.11. The molecule has 5 nitrogen and oxygen atoms in total. The quantitative estimate of drug-likeness (QED) is 0.616. The van der Waals surface area contributed by atoms with Crippen LogP contribution in [-0.4, -0.2) is 35.1 Å². The van der Waals surface area contributed by atoms with Gasteiger partial charge in [-0.1, -0.05) is 13.3 Å². The topological polar surface area (TPSA) is 78.4 Å². The van der Waals surface area contributed by atoms with E-state index in [1.54, 1.807) is 6.92 Å². The van der Waals surface area contributed by atoms with Gasteiger partial charge in [-0.3, -0.25) is 9.59 Å². The molecule has 1 aliphatic rings. The van der Waals surface area contributed by atoms with E-state index >= 15 is 0 Å². The minimum absolute atomic E-state index is 0.0829. The van der Waals surface area contributed by atoms with Gasteiger partial charge in [-0.2, -0.15) is 0 Å². The lowest BCUT2D eigenvalue weighted by molar-refractivity contribution is -0.126. The average Bonchev–Trinajstić information content (AvgIpc) is 2.61. The molecule has 16 heavy (non-hydrogen) atoms. The van der Waals surface area contributed by atoms with Crippen molar-refractivity contribution in [3.05, 3.63) is 0 Å². The zero-order chi connectivity index (χ0) is 12.2. The summed E-state index contributed by atoms with van der Waals surface area (Å²) in [4.78, 5) is 22.5. The molecule has 0 bridgehead atoms. The first-order valence-corrected chi connectivity index (χ1v) is 5.74. The number of carbonyl (C=O) groups is 2. The molecule has 3 N–H and O–H groups in total. The van der Waals surface area contributed by atoms with Crippen LogP contribution in [0, 0.1) is 0 Å². The first-order chi connectivity index (χ1) is 7.44. The first kappa shape index (κ1) is 13.0.